The third-order valence-corrected chi connectivity index (χ3v) is 6.01. The molecule has 3 rings (SSSR count). The van der Waals surface area contributed by atoms with Crippen LogP contribution in [0.5, 0.6) is 0 Å². The lowest BCUT2D eigenvalue weighted by molar-refractivity contribution is -0.118. The number of rotatable bonds is 9. The summed E-state index contributed by atoms with van der Waals surface area (Å²) in [4.78, 5) is 35.4. The van der Waals surface area contributed by atoms with Gasteiger partial charge in [-0.05, 0) is 18.4 Å². The molecule has 1 N–H and O–H groups in total. The number of aromatic nitrogens is 2. The Morgan fingerprint density at radius 3 is 2.62 bits per heavy atom. The molecule has 2 amide bonds. The minimum atomic E-state index is -1.39. The Labute approximate surface area is 173 Å². The zero-order valence-corrected chi connectivity index (χ0v) is 17.6. The maximum atomic E-state index is 12.7. The standard InChI is InChI=1S/C21H26N4O3S/c1-3-5-11-17(26)22-19-16-13-18(27)25(14-15-9-7-6-8-10-15)20(16)24-21(23-19)29(28)12-4-2/h6-10H,3-5,11-14H2,1-2H3,(H,22,23,24,26). The summed E-state index contributed by atoms with van der Waals surface area (Å²) in [6.07, 6.45) is 2.89. The number of fused-ring (bicyclic) bond motifs is 1. The molecule has 1 atom stereocenters. The minimum absolute atomic E-state index is 0.111. The highest BCUT2D eigenvalue weighted by atomic mass is 32.2. The molecule has 0 spiro atoms. The molecule has 0 saturated carbocycles. The van der Waals surface area contributed by atoms with Crippen LogP contribution in [0.1, 0.15) is 50.7 Å². The van der Waals surface area contributed by atoms with Crippen LogP contribution >= 0.6 is 0 Å². The molecule has 2 heterocycles. The van der Waals surface area contributed by atoms with Crippen LogP contribution in [0.4, 0.5) is 11.6 Å². The highest BCUT2D eigenvalue weighted by Gasteiger charge is 2.33. The molecule has 0 fully saturated rings. The Hall–Kier alpha value is -2.61. The van der Waals surface area contributed by atoms with Gasteiger partial charge in [-0.2, -0.15) is 0 Å². The molecule has 1 aromatic carbocycles. The first-order valence-corrected chi connectivity index (χ1v) is 11.3. The fourth-order valence-electron chi connectivity index (χ4n) is 3.15. The van der Waals surface area contributed by atoms with Crippen molar-refractivity contribution in [1.29, 1.82) is 0 Å². The fourth-order valence-corrected chi connectivity index (χ4v) is 4.08. The number of hydrogen-bond acceptors (Lipinski definition) is 5. The molecule has 1 aliphatic heterocycles. The smallest absolute Gasteiger partial charge is 0.233 e. The lowest BCUT2D eigenvalue weighted by Crippen LogP contribution is -2.27. The van der Waals surface area contributed by atoms with E-state index in [0.717, 1.165) is 24.8 Å². The number of amides is 2. The normalized spacial score (nSPS) is 14.0. The van der Waals surface area contributed by atoms with Gasteiger partial charge in [-0.1, -0.05) is 50.6 Å². The Balaban J connectivity index is 1.97. The summed E-state index contributed by atoms with van der Waals surface area (Å²) in [7, 11) is -1.39. The zero-order chi connectivity index (χ0) is 20.8. The number of hydrogen-bond donors (Lipinski definition) is 1. The monoisotopic (exact) mass is 414 g/mol. The van der Waals surface area contributed by atoms with Crippen LogP contribution in [0.2, 0.25) is 0 Å². The van der Waals surface area contributed by atoms with E-state index < -0.39 is 10.8 Å². The highest BCUT2D eigenvalue weighted by molar-refractivity contribution is 7.84. The summed E-state index contributed by atoms with van der Waals surface area (Å²) in [5.41, 5.74) is 1.56. The van der Waals surface area contributed by atoms with Gasteiger partial charge in [0.2, 0.25) is 17.0 Å². The van der Waals surface area contributed by atoms with Crippen molar-refractivity contribution in [1.82, 2.24) is 9.97 Å². The molecule has 0 radical (unpaired) electrons. The van der Waals surface area contributed by atoms with Gasteiger partial charge in [-0.25, -0.2) is 9.97 Å². The van der Waals surface area contributed by atoms with Crippen molar-refractivity contribution < 1.29 is 13.8 Å². The van der Waals surface area contributed by atoms with E-state index >= 15 is 0 Å². The Morgan fingerprint density at radius 2 is 1.93 bits per heavy atom. The Morgan fingerprint density at radius 1 is 1.17 bits per heavy atom. The maximum absolute atomic E-state index is 12.7. The molecule has 0 bridgehead atoms. The second kappa shape index (κ2) is 9.73. The fraction of sp³-hybridized carbons (Fsp3) is 0.429. The minimum Gasteiger partial charge on any atom is -0.310 e. The van der Waals surface area contributed by atoms with Crippen molar-refractivity contribution in [3.63, 3.8) is 0 Å². The van der Waals surface area contributed by atoms with E-state index in [4.69, 9.17) is 0 Å². The Kier molecular flexibility index (Phi) is 7.09. The van der Waals surface area contributed by atoms with Crippen molar-refractivity contribution in [2.24, 2.45) is 0 Å². The number of carbonyl (C=O) groups excluding carboxylic acids is 2. The molecule has 1 aliphatic rings. The summed E-state index contributed by atoms with van der Waals surface area (Å²) < 4.78 is 12.6. The van der Waals surface area contributed by atoms with E-state index in [2.05, 4.69) is 15.3 Å². The number of unbranched alkanes of at least 4 members (excludes halogenated alkanes) is 1. The van der Waals surface area contributed by atoms with Crippen molar-refractivity contribution in [2.45, 2.75) is 57.7 Å². The third kappa shape index (κ3) is 5.06. The number of nitrogens with one attached hydrogen (secondary N) is 1. The summed E-state index contributed by atoms with van der Waals surface area (Å²) in [5.74, 6) is 0.905. The lowest BCUT2D eigenvalue weighted by atomic mass is 10.2. The molecule has 7 nitrogen and oxygen atoms in total. The van der Waals surface area contributed by atoms with Gasteiger partial charge in [0, 0.05) is 17.7 Å². The molecular weight excluding hydrogens is 388 g/mol. The van der Waals surface area contributed by atoms with Crippen LogP contribution in [-0.4, -0.2) is 31.7 Å². The van der Waals surface area contributed by atoms with Gasteiger partial charge in [0.25, 0.3) is 0 Å². The summed E-state index contributed by atoms with van der Waals surface area (Å²) in [5, 5.41) is 2.97. The average Bonchev–Trinajstić information content (AvgIpc) is 3.03. The van der Waals surface area contributed by atoms with E-state index in [0.29, 0.717) is 35.9 Å². The molecular formula is C21H26N4O3S. The zero-order valence-electron chi connectivity index (χ0n) is 16.8. The van der Waals surface area contributed by atoms with Gasteiger partial charge >= 0.3 is 0 Å². The van der Waals surface area contributed by atoms with Crippen molar-refractivity contribution in [2.75, 3.05) is 16.0 Å². The SMILES string of the molecule is CCCCC(=O)Nc1nc(S(=O)CCC)nc2c1CC(=O)N2Cc1ccccc1. The number of benzene rings is 1. The van der Waals surface area contributed by atoms with Crippen LogP contribution in [0.15, 0.2) is 35.5 Å². The van der Waals surface area contributed by atoms with Gasteiger partial charge < -0.3 is 5.32 Å². The second-order valence-electron chi connectivity index (χ2n) is 7.00. The summed E-state index contributed by atoms with van der Waals surface area (Å²) >= 11 is 0. The van der Waals surface area contributed by atoms with E-state index in [9.17, 15) is 13.8 Å². The van der Waals surface area contributed by atoms with Crippen molar-refractivity contribution in [3.8, 4) is 0 Å². The van der Waals surface area contributed by atoms with Gasteiger partial charge in [0.05, 0.1) is 23.8 Å². The number of carbonyl (C=O) groups is 2. The topological polar surface area (TPSA) is 92.3 Å². The maximum Gasteiger partial charge on any atom is 0.233 e. The second-order valence-corrected chi connectivity index (χ2v) is 8.47. The van der Waals surface area contributed by atoms with Gasteiger partial charge in [-0.15, -0.1) is 0 Å². The van der Waals surface area contributed by atoms with E-state index in [1.807, 2.05) is 44.2 Å². The molecule has 154 valence electrons. The quantitative estimate of drug-likeness (QED) is 0.636. The van der Waals surface area contributed by atoms with Gasteiger partial charge in [-0.3, -0.25) is 18.7 Å². The average molecular weight is 415 g/mol. The van der Waals surface area contributed by atoms with E-state index in [1.165, 1.54) is 0 Å². The molecule has 29 heavy (non-hydrogen) atoms. The predicted octanol–water partition coefficient (Wildman–Crippen LogP) is 3.21. The highest BCUT2D eigenvalue weighted by Crippen LogP contribution is 2.33. The van der Waals surface area contributed by atoms with Crippen molar-refractivity contribution >= 4 is 34.2 Å². The first kappa shape index (κ1) is 21.1. The van der Waals surface area contributed by atoms with Gasteiger partial charge in [0.15, 0.2) is 0 Å². The van der Waals surface area contributed by atoms with Crippen LogP contribution in [0.25, 0.3) is 0 Å². The molecule has 8 heteroatoms. The summed E-state index contributed by atoms with van der Waals surface area (Å²) in [6, 6.07) is 9.63. The van der Waals surface area contributed by atoms with Crippen LogP contribution in [-0.2, 0) is 33.4 Å². The third-order valence-electron chi connectivity index (χ3n) is 4.64. The first-order chi connectivity index (χ1) is 14.0. The molecule has 0 aliphatic carbocycles. The van der Waals surface area contributed by atoms with Gasteiger partial charge in [0.1, 0.15) is 11.6 Å². The van der Waals surface area contributed by atoms with Crippen LogP contribution in [0, 0.1) is 0 Å². The van der Waals surface area contributed by atoms with Crippen LogP contribution in [0.3, 0.4) is 0 Å². The lowest BCUT2D eigenvalue weighted by Gasteiger charge is -2.18. The van der Waals surface area contributed by atoms with Crippen LogP contribution < -0.4 is 10.2 Å². The molecule has 0 saturated heterocycles. The predicted molar refractivity (Wildman–Crippen MR) is 113 cm³/mol. The number of anilines is 2. The first-order valence-electron chi connectivity index (χ1n) is 9.96. The largest absolute Gasteiger partial charge is 0.310 e. The number of nitrogens with zero attached hydrogens (tertiary/aromatic N) is 3. The Bertz CT molecular complexity index is 918. The molecule has 2 aromatic rings. The van der Waals surface area contributed by atoms with E-state index in [1.54, 1.807) is 4.90 Å². The molecule has 1 unspecified atom stereocenters. The summed E-state index contributed by atoms with van der Waals surface area (Å²) in [6.45, 7) is 4.32. The van der Waals surface area contributed by atoms with E-state index in [-0.39, 0.29) is 23.4 Å². The molecule has 1 aromatic heterocycles. The van der Waals surface area contributed by atoms with Crippen molar-refractivity contribution in [3.05, 3.63) is 41.5 Å².